The summed E-state index contributed by atoms with van der Waals surface area (Å²) in [7, 11) is 0. The number of hydrogen-bond donors (Lipinski definition) is 1. The Morgan fingerprint density at radius 1 is 1.39 bits per heavy atom. The molecule has 0 aliphatic rings. The van der Waals surface area contributed by atoms with Crippen LogP contribution in [0, 0.1) is 5.82 Å². The quantitative estimate of drug-likeness (QED) is 0.894. The lowest BCUT2D eigenvalue weighted by Gasteiger charge is -2.06. The molecule has 0 saturated carbocycles. The van der Waals surface area contributed by atoms with Gasteiger partial charge in [0.15, 0.2) is 0 Å². The van der Waals surface area contributed by atoms with Crippen molar-refractivity contribution in [2.24, 2.45) is 0 Å². The fraction of sp³-hybridized carbons (Fsp3) is 0.0909. The van der Waals surface area contributed by atoms with E-state index >= 15 is 0 Å². The number of halogens is 3. The first-order valence-electron chi connectivity index (χ1n) is 4.97. The van der Waals surface area contributed by atoms with Crippen molar-refractivity contribution >= 4 is 43.5 Å². The lowest BCUT2D eigenvalue weighted by atomic mass is 10.3. The van der Waals surface area contributed by atoms with Gasteiger partial charge in [-0.05, 0) is 34.1 Å². The molecule has 0 fully saturated rings. The van der Waals surface area contributed by atoms with E-state index in [4.69, 9.17) is 0 Å². The molecule has 0 radical (unpaired) electrons. The number of hydrogen-bond acceptors (Lipinski definition) is 2. The molecule has 7 heteroatoms. The standard InChI is InChI=1S/C11H8Br2FN3O/c12-7-1-2-10(9(14)3-7)16-11(18)6-17-5-8(13)4-15-17/h1-5H,6H2,(H,16,18). The van der Waals surface area contributed by atoms with Gasteiger partial charge in [-0.2, -0.15) is 5.10 Å². The van der Waals surface area contributed by atoms with E-state index in [1.165, 1.54) is 16.8 Å². The van der Waals surface area contributed by atoms with E-state index in [2.05, 4.69) is 42.3 Å². The number of benzene rings is 1. The van der Waals surface area contributed by atoms with Crippen molar-refractivity contribution in [3.05, 3.63) is 45.4 Å². The number of carbonyl (C=O) groups excluding carboxylic acids is 1. The van der Waals surface area contributed by atoms with Crippen LogP contribution < -0.4 is 5.32 Å². The van der Waals surface area contributed by atoms with Crippen LogP contribution in [0.4, 0.5) is 10.1 Å². The monoisotopic (exact) mass is 375 g/mol. The van der Waals surface area contributed by atoms with E-state index in [9.17, 15) is 9.18 Å². The topological polar surface area (TPSA) is 46.9 Å². The summed E-state index contributed by atoms with van der Waals surface area (Å²) >= 11 is 6.38. The number of nitrogens with one attached hydrogen (secondary N) is 1. The first kappa shape index (κ1) is 13.2. The van der Waals surface area contributed by atoms with E-state index in [0.717, 1.165) is 4.47 Å². The summed E-state index contributed by atoms with van der Waals surface area (Å²) in [4.78, 5) is 11.7. The number of carbonyl (C=O) groups is 1. The fourth-order valence-corrected chi connectivity index (χ4v) is 2.01. The van der Waals surface area contributed by atoms with Gasteiger partial charge in [0, 0.05) is 10.7 Å². The zero-order valence-electron chi connectivity index (χ0n) is 9.03. The molecule has 1 amide bonds. The zero-order valence-corrected chi connectivity index (χ0v) is 12.2. The number of anilines is 1. The average Bonchev–Trinajstić information content (AvgIpc) is 2.68. The molecule has 0 bridgehead atoms. The lowest BCUT2D eigenvalue weighted by Crippen LogP contribution is -2.19. The molecule has 0 atom stereocenters. The number of nitrogens with zero attached hydrogens (tertiary/aromatic N) is 2. The molecular weight excluding hydrogens is 369 g/mol. The highest BCUT2D eigenvalue weighted by atomic mass is 79.9. The van der Waals surface area contributed by atoms with Gasteiger partial charge in [-0.15, -0.1) is 0 Å². The van der Waals surface area contributed by atoms with Crippen LogP contribution in [0.5, 0.6) is 0 Å². The van der Waals surface area contributed by atoms with Crippen molar-refractivity contribution in [2.45, 2.75) is 6.54 Å². The second kappa shape index (κ2) is 5.62. The molecule has 1 N–H and O–H groups in total. The van der Waals surface area contributed by atoms with Crippen LogP contribution in [0.15, 0.2) is 39.5 Å². The summed E-state index contributed by atoms with van der Waals surface area (Å²) in [5.74, 6) is -0.828. The van der Waals surface area contributed by atoms with Crippen LogP contribution in [0.2, 0.25) is 0 Å². The fourth-order valence-electron chi connectivity index (χ4n) is 1.35. The molecule has 0 aliphatic heterocycles. The molecule has 0 spiro atoms. The van der Waals surface area contributed by atoms with Crippen molar-refractivity contribution in [1.29, 1.82) is 0 Å². The first-order chi connectivity index (χ1) is 8.54. The lowest BCUT2D eigenvalue weighted by molar-refractivity contribution is -0.116. The molecule has 4 nitrogen and oxygen atoms in total. The molecular formula is C11H8Br2FN3O. The summed E-state index contributed by atoms with van der Waals surface area (Å²) in [6, 6.07) is 4.44. The second-order valence-corrected chi connectivity index (χ2v) is 5.36. The smallest absolute Gasteiger partial charge is 0.246 e. The third kappa shape index (κ3) is 3.39. The van der Waals surface area contributed by atoms with Crippen LogP contribution in [-0.4, -0.2) is 15.7 Å². The van der Waals surface area contributed by atoms with Gasteiger partial charge in [-0.25, -0.2) is 4.39 Å². The molecule has 2 rings (SSSR count). The highest BCUT2D eigenvalue weighted by Gasteiger charge is 2.08. The number of aromatic nitrogens is 2. The second-order valence-electron chi connectivity index (χ2n) is 3.53. The van der Waals surface area contributed by atoms with Gasteiger partial charge < -0.3 is 5.32 Å². The van der Waals surface area contributed by atoms with E-state index in [1.54, 1.807) is 18.5 Å². The Kier molecular flexibility index (Phi) is 4.13. The van der Waals surface area contributed by atoms with Gasteiger partial charge in [0.05, 0.1) is 16.4 Å². The van der Waals surface area contributed by atoms with E-state index in [1.807, 2.05) is 0 Å². The largest absolute Gasteiger partial charge is 0.322 e. The van der Waals surface area contributed by atoms with Crippen molar-refractivity contribution in [3.63, 3.8) is 0 Å². The highest BCUT2D eigenvalue weighted by Crippen LogP contribution is 2.19. The minimum atomic E-state index is -0.487. The number of amides is 1. The minimum Gasteiger partial charge on any atom is -0.322 e. The zero-order chi connectivity index (χ0) is 13.1. The normalized spacial score (nSPS) is 10.4. The molecule has 0 aliphatic carbocycles. The Labute approximate surface area is 119 Å². The molecule has 2 aromatic rings. The van der Waals surface area contributed by atoms with Gasteiger partial charge in [0.25, 0.3) is 0 Å². The SMILES string of the molecule is O=C(Cn1cc(Br)cn1)Nc1ccc(Br)cc1F. The van der Waals surface area contributed by atoms with E-state index in [0.29, 0.717) is 4.47 Å². The molecule has 1 aromatic heterocycles. The van der Waals surface area contributed by atoms with Crippen molar-refractivity contribution < 1.29 is 9.18 Å². The van der Waals surface area contributed by atoms with Crippen molar-refractivity contribution in [2.75, 3.05) is 5.32 Å². The van der Waals surface area contributed by atoms with E-state index in [-0.39, 0.29) is 18.1 Å². The predicted octanol–water partition coefficient (Wildman–Crippen LogP) is 3.19. The Balaban J connectivity index is 2.03. The Bertz CT molecular complexity index is 585. The Hall–Kier alpha value is -1.21. The molecule has 1 aromatic carbocycles. The van der Waals surface area contributed by atoms with Crippen LogP contribution in [0.25, 0.3) is 0 Å². The minimum absolute atomic E-state index is 0.0289. The number of rotatable bonds is 3. The molecule has 1 heterocycles. The summed E-state index contributed by atoms with van der Waals surface area (Å²) < 4.78 is 16.3. The van der Waals surface area contributed by atoms with Gasteiger partial charge in [-0.3, -0.25) is 9.48 Å². The molecule has 18 heavy (non-hydrogen) atoms. The maximum Gasteiger partial charge on any atom is 0.246 e. The third-order valence-electron chi connectivity index (χ3n) is 2.11. The van der Waals surface area contributed by atoms with Crippen molar-refractivity contribution in [1.82, 2.24) is 9.78 Å². The van der Waals surface area contributed by atoms with E-state index < -0.39 is 5.82 Å². The molecule has 0 unspecified atom stereocenters. The Morgan fingerprint density at radius 2 is 2.17 bits per heavy atom. The van der Waals surface area contributed by atoms with Gasteiger partial charge in [-0.1, -0.05) is 15.9 Å². The Morgan fingerprint density at radius 3 is 2.78 bits per heavy atom. The van der Waals surface area contributed by atoms with Crippen LogP contribution in [-0.2, 0) is 11.3 Å². The highest BCUT2D eigenvalue weighted by molar-refractivity contribution is 9.10. The predicted molar refractivity (Wildman–Crippen MR) is 72.7 cm³/mol. The summed E-state index contributed by atoms with van der Waals surface area (Å²) in [6.07, 6.45) is 3.24. The molecule has 94 valence electrons. The third-order valence-corrected chi connectivity index (χ3v) is 3.02. The van der Waals surface area contributed by atoms with Gasteiger partial charge >= 0.3 is 0 Å². The van der Waals surface area contributed by atoms with Crippen LogP contribution in [0.1, 0.15) is 0 Å². The summed E-state index contributed by atoms with van der Waals surface area (Å²) in [6.45, 7) is 0.0289. The summed E-state index contributed by atoms with van der Waals surface area (Å²) in [5.41, 5.74) is 0.148. The maximum atomic E-state index is 13.5. The first-order valence-corrected chi connectivity index (χ1v) is 6.56. The van der Waals surface area contributed by atoms with Crippen LogP contribution in [0.3, 0.4) is 0 Å². The van der Waals surface area contributed by atoms with Gasteiger partial charge in [0.2, 0.25) is 5.91 Å². The van der Waals surface area contributed by atoms with Crippen molar-refractivity contribution in [3.8, 4) is 0 Å². The molecule has 0 saturated heterocycles. The maximum absolute atomic E-state index is 13.5. The summed E-state index contributed by atoms with van der Waals surface area (Å²) in [5, 5.41) is 6.43. The van der Waals surface area contributed by atoms with Crippen LogP contribution >= 0.6 is 31.9 Å². The van der Waals surface area contributed by atoms with Gasteiger partial charge in [0.1, 0.15) is 12.4 Å². The average molecular weight is 377 g/mol.